The number of esters is 1. The highest BCUT2D eigenvalue weighted by Crippen LogP contribution is 2.48. The van der Waals surface area contributed by atoms with Crippen LogP contribution in [0.1, 0.15) is 26.3 Å². The van der Waals surface area contributed by atoms with Crippen LogP contribution in [0.15, 0.2) is 23.9 Å². The number of nitrogens with zero attached hydrogens (tertiary/aromatic N) is 1. The predicted octanol–water partition coefficient (Wildman–Crippen LogP) is 3.23. The first-order chi connectivity index (χ1) is 12.6. The number of fused-ring (bicyclic) bond motifs is 1. The number of rotatable bonds is 3. The maximum atomic E-state index is 12.6. The SMILES string of the molecule is COC(=O)C1=Cc2ccc(OS(=O)(=O)C(F)(F)F)cc2[N+]1(C(=O)O)C(C)(C)C. The molecule has 0 saturated carbocycles. The Kier molecular flexibility index (Phi) is 5.02. The van der Waals surface area contributed by atoms with Gasteiger partial charge in [0.25, 0.3) is 0 Å². The molecule has 1 unspecified atom stereocenters. The first-order valence-corrected chi connectivity index (χ1v) is 9.09. The molecule has 0 fully saturated rings. The molecule has 0 spiro atoms. The first kappa shape index (κ1) is 21.7. The van der Waals surface area contributed by atoms with Crippen molar-refractivity contribution >= 4 is 33.9 Å². The fraction of sp³-hybridized carbons (Fsp3) is 0.375. The summed E-state index contributed by atoms with van der Waals surface area (Å²) in [4.78, 5) is 24.6. The highest BCUT2D eigenvalue weighted by molar-refractivity contribution is 7.88. The second-order valence-corrected chi connectivity index (χ2v) is 8.39. The van der Waals surface area contributed by atoms with Crippen molar-refractivity contribution in [3.8, 4) is 5.75 Å². The molecular weight excluding hydrogens is 407 g/mol. The van der Waals surface area contributed by atoms with Gasteiger partial charge in [-0.2, -0.15) is 26.4 Å². The average molecular weight is 424 g/mol. The summed E-state index contributed by atoms with van der Waals surface area (Å²) in [5.74, 6) is -1.71. The zero-order valence-electron chi connectivity index (χ0n) is 15.2. The standard InChI is InChI=1S/C16H16F3NO7S/c1-15(2,3)20(14(22)23)11-8-10(27-28(24,25)16(17,18)19)6-5-9(11)7-12(20)13(21)26-4/h5-8H,1-4H3/p+1. The largest absolute Gasteiger partial charge is 0.534 e. The molecule has 0 saturated heterocycles. The van der Waals surface area contributed by atoms with Gasteiger partial charge in [0.2, 0.25) is 5.70 Å². The van der Waals surface area contributed by atoms with Crippen LogP contribution in [0.25, 0.3) is 6.08 Å². The molecule has 2 rings (SSSR count). The van der Waals surface area contributed by atoms with E-state index in [1.165, 1.54) is 26.8 Å². The monoisotopic (exact) mass is 424 g/mol. The van der Waals surface area contributed by atoms with Gasteiger partial charge in [0.1, 0.15) is 11.3 Å². The Balaban J connectivity index is 2.74. The van der Waals surface area contributed by atoms with E-state index in [0.717, 1.165) is 25.3 Å². The van der Waals surface area contributed by atoms with Crippen LogP contribution in [0.3, 0.4) is 0 Å². The topological polar surface area (TPSA) is 107 Å². The van der Waals surface area contributed by atoms with Gasteiger partial charge in [-0.05, 0) is 32.9 Å². The molecule has 1 amide bonds. The minimum absolute atomic E-state index is 0.143. The van der Waals surface area contributed by atoms with Gasteiger partial charge < -0.3 is 14.0 Å². The van der Waals surface area contributed by atoms with Crippen molar-refractivity contribution in [2.45, 2.75) is 31.8 Å². The van der Waals surface area contributed by atoms with Crippen LogP contribution in [-0.4, -0.2) is 43.7 Å². The van der Waals surface area contributed by atoms with E-state index in [1.54, 1.807) is 0 Å². The lowest BCUT2D eigenvalue weighted by molar-refractivity contribution is -0.138. The number of hydrogen-bond donors (Lipinski definition) is 1. The lowest BCUT2D eigenvalue weighted by atomic mass is 9.99. The number of carbonyl (C=O) groups is 2. The number of quaternary nitrogens is 1. The van der Waals surface area contributed by atoms with Gasteiger partial charge >= 0.3 is 27.7 Å². The van der Waals surface area contributed by atoms with Gasteiger partial charge in [0.05, 0.1) is 7.11 Å². The molecule has 1 aromatic rings. The number of ether oxygens (including phenoxy) is 1. The Morgan fingerprint density at radius 3 is 2.14 bits per heavy atom. The van der Waals surface area contributed by atoms with Crippen LogP contribution < -0.4 is 8.67 Å². The third-order valence-corrected chi connectivity index (χ3v) is 5.17. The van der Waals surface area contributed by atoms with Crippen LogP contribution in [-0.2, 0) is 19.6 Å². The van der Waals surface area contributed by atoms with E-state index >= 15 is 0 Å². The van der Waals surface area contributed by atoms with Gasteiger partial charge in [-0.3, -0.25) is 0 Å². The Bertz CT molecular complexity index is 977. The quantitative estimate of drug-likeness (QED) is 0.344. The highest BCUT2D eigenvalue weighted by Gasteiger charge is 2.60. The smallest absolute Gasteiger partial charge is 0.462 e. The molecule has 1 atom stereocenters. The molecule has 1 aliphatic rings. The molecular formula is C16H17F3NO7S+. The molecule has 1 N–H and O–H groups in total. The van der Waals surface area contributed by atoms with Crippen LogP contribution >= 0.6 is 0 Å². The molecule has 0 aromatic heterocycles. The summed E-state index contributed by atoms with van der Waals surface area (Å²) in [6.45, 7) is 4.48. The summed E-state index contributed by atoms with van der Waals surface area (Å²) >= 11 is 0. The van der Waals surface area contributed by atoms with E-state index < -0.39 is 43.5 Å². The van der Waals surface area contributed by atoms with Crippen LogP contribution in [0, 0.1) is 0 Å². The lowest BCUT2D eigenvalue weighted by Gasteiger charge is -2.40. The molecule has 28 heavy (non-hydrogen) atoms. The molecule has 8 nitrogen and oxygen atoms in total. The maximum absolute atomic E-state index is 12.6. The number of hydrogen-bond acceptors (Lipinski definition) is 6. The van der Waals surface area contributed by atoms with Gasteiger partial charge in [-0.25, -0.2) is 4.79 Å². The van der Waals surface area contributed by atoms with Gasteiger partial charge in [0, 0.05) is 17.7 Å². The van der Waals surface area contributed by atoms with Crippen molar-refractivity contribution in [1.29, 1.82) is 0 Å². The number of methoxy groups -OCH3 is 1. The van der Waals surface area contributed by atoms with Gasteiger partial charge in [0.15, 0.2) is 5.69 Å². The number of amides is 1. The zero-order chi connectivity index (χ0) is 21.7. The average Bonchev–Trinajstić information content (AvgIpc) is 2.87. The minimum atomic E-state index is -5.96. The summed E-state index contributed by atoms with van der Waals surface area (Å²) in [6, 6.07) is 2.94. The predicted molar refractivity (Wildman–Crippen MR) is 91.6 cm³/mol. The molecule has 1 aliphatic heterocycles. The van der Waals surface area contributed by atoms with Crippen molar-refractivity contribution in [2.75, 3.05) is 7.11 Å². The van der Waals surface area contributed by atoms with Crippen LogP contribution in [0.4, 0.5) is 23.7 Å². The molecule has 154 valence electrons. The fourth-order valence-electron chi connectivity index (χ4n) is 3.05. The summed E-state index contributed by atoms with van der Waals surface area (Å²) < 4.78 is 68.0. The molecule has 0 bridgehead atoms. The van der Waals surface area contributed by atoms with E-state index in [-0.39, 0.29) is 16.9 Å². The van der Waals surface area contributed by atoms with E-state index in [9.17, 15) is 36.3 Å². The van der Waals surface area contributed by atoms with Gasteiger partial charge in [-0.1, -0.05) is 0 Å². The Hall–Kier alpha value is -2.60. The molecule has 12 heteroatoms. The maximum Gasteiger partial charge on any atom is 0.534 e. The number of carbonyl (C=O) groups excluding carboxylic acids is 1. The molecule has 1 heterocycles. The molecule has 1 aromatic carbocycles. The zero-order valence-corrected chi connectivity index (χ0v) is 16.0. The normalized spacial score (nSPS) is 19.6. The Morgan fingerprint density at radius 2 is 1.71 bits per heavy atom. The number of alkyl halides is 3. The van der Waals surface area contributed by atoms with E-state index in [1.807, 2.05) is 0 Å². The Labute approximate surface area is 158 Å². The van der Waals surface area contributed by atoms with Crippen molar-refractivity contribution in [3.05, 3.63) is 29.5 Å². The second-order valence-electron chi connectivity index (χ2n) is 6.85. The summed E-state index contributed by atoms with van der Waals surface area (Å²) in [6.07, 6.45) is -0.290. The highest BCUT2D eigenvalue weighted by atomic mass is 32.2. The minimum Gasteiger partial charge on any atom is -0.462 e. The summed E-state index contributed by atoms with van der Waals surface area (Å²) in [5.41, 5.74) is -7.12. The van der Waals surface area contributed by atoms with Crippen LogP contribution in [0.5, 0.6) is 5.75 Å². The Morgan fingerprint density at radius 1 is 1.14 bits per heavy atom. The van der Waals surface area contributed by atoms with E-state index in [0.29, 0.717) is 0 Å². The van der Waals surface area contributed by atoms with Gasteiger partial charge in [-0.15, -0.1) is 4.48 Å². The molecule has 0 aliphatic carbocycles. The fourth-order valence-corrected chi connectivity index (χ4v) is 3.50. The number of halogens is 3. The third-order valence-electron chi connectivity index (χ3n) is 4.19. The van der Waals surface area contributed by atoms with Crippen molar-refractivity contribution in [3.63, 3.8) is 0 Å². The van der Waals surface area contributed by atoms with Crippen molar-refractivity contribution < 1.29 is 45.2 Å². The third kappa shape index (κ3) is 3.11. The number of benzene rings is 1. The summed E-state index contributed by atoms with van der Waals surface area (Å²) in [5, 5.41) is 10.00. The van der Waals surface area contributed by atoms with Crippen LogP contribution in [0.2, 0.25) is 0 Å². The van der Waals surface area contributed by atoms with Crippen molar-refractivity contribution in [2.24, 2.45) is 0 Å². The molecule has 0 radical (unpaired) electrons. The first-order valence-electron chi connectivity index (χ1n) is 7.68. The van der Waals surface area contributed by atoms with Crippen molar-refractivity contribution in [1.82, 2.24) is 4.48 Å². The van der Waals surface area contributed by atoms with E-state index in [4.69, 9.17) is 0 Å². The number of carboxylic acid groups (broad SMARTS) is 1. The second kappa shape index (κ2) is 6.48. The van der Waals surface area contributed by atoms with E-state index in [2.05, 4.69) is 8.92 Å². The summed E-state index contributed by atoms with van der Waals surface area (Å²) in [7, 11) is -4.91. The lowest BCUT2D eigenvalue weighted by Crippen LogP contribution is -2.64.